The van der Waals surface area contributed by atoms with Crippen LogP contribution in [0.3, 0.4) is 0 Å². The second kappa shape index (κ2) is 9.44. The summed E-state index contributed by atoms with van der Waals surface area (Å²) in [7, 11) is -2.51. The zero-order valence-electron chi connectivity index (χ0n) is 16.2. The van der Waals surface area contributed by atoms with Gasteiger partial charge in [0, 0.05) is 11.1 Å². The first-order chi connectivity index (χ1) is 13.6. The number of sulfonamides is 1. The fourth-order valence-electron chi connectivity index (χ4n) is 2.34. The number of ether oxygens (including phenoxy) is 2. The Morgan fingerprint density at radius 2 is 1.52 bits per heavy atom. The summed E-state index contributed by atoms with van der Waals surface area (Å²) in [5.74, 6) is -0.940. The second-order valence-electron chi connectivity index (χ2n) is 6.18. The second-order valence-corrected chi connectivity index (χ2v) is 7.90. The Morgan fingerprint density at radius 1 is 0.966 bits per heavy atom. The largest absolute Gasteiger partial charge is 0.497 e. The van der Waals surface area contributed by atoms with Gasteiger partial charge in [-0.1, -0.05) is 12.1 Å². The number of esters is 1. The van der Waals surface area contributed by atoms with Crippen LogP contribution in [0.5, 0.6) is 5.75 Å². The van der Waals surface area contributed by atoms with Crippen LogP contribution in [0, 0.1) is 0 Å². The third kappa shape index (κ3) is 5.97. The quantitative estimate of drug-likeness (QED) is 0.488. The van der Waals surface area contributed by atoms with Crippen LogP contribution in [0.15, 0.2) is 53.4 Å². The molecule has 1 atom stereocenters. The number of hydrogen-bond donors (Lipinski definition) is 1. The van der Waals surface area contributed by atoms with E-state index in [1.165, 1.54) is 57.4 Å². The van der Waals surface area contributed by atoms with Crippen LogP contribution in [0.4, 0.5) is 0 Å². The summed E-state index contributed by atoms with van der Waals surface area (Å²) < 4.78 is 36.8. The Labute approximate surface area is 168 Å². The van der Waals surface area contributed by atoms with E-state index >= 15 is 0 Å². The van der Waals surface area contributed by atoms with Crippen molar-refractivity contribution in [2.45, 2.75) is 24.8 Å². The molecule has 0 radical (unpaired) electrons. The van der Waals surface area contributed by atoms with Gasteiger partial charge in [0.25, 0.3) is 0 Å². The van der Waals surface area contributed by atoms with E-state index in [1.807, 2.05) is 0 Å². The van der Waals surface area contributed by atoms with E-state index in [-0.39, 0.29) is 10.7 Å². The van der Waals surface area contributed by atoms with E-state index in [0.29, 0.717) is 16.9 Å². The summed E-state index contributed by atoms with van der Waals surface area (Å²) in [6, 6.07) is 10.4. The first kappa shape index (κ1) is 22.3. The number of ketones is 2. The smallest absolute Gasteiger partial charge is 0.324 e. The predicted molar refractivity (Wildman–Crippen MR) is 105 cm³/mol. The maximum Gasteiger partial charge on any atom is 0.324 e. The highest BCUT2D eigenvalue weighted by atomic mass is 32.2. The monoisotopic (exact) mass is 419 g/mol. The molecule has 0 aliphatic rings. The van der Waals surface area contributed by atoms with Gasteiger partial charge in [-0.05, 0) is 50.2 Å². The Balaban J connectivity index is 1.94. The number of carbonyl (C=O) groups excluding carboxylic acids is 3. The van der Waals surface area contributed by atoms with Gasteiger partial charge >= 0.3 is 5.97 Å². The maximum atomic E-state index is 12.4. The molecule has 0 unspecified atom stereocenters. The van der Waals surface area contributed by atoms with Gasteiger partial charge in [-0.15, -0.1) is 0 Å². The fraction of sp³-hybridized carbons (Fsp3) is 0.250. The molecule has 2 rings (SSSR count). The molecular formula is C20H21NO7S. The van der Waals surface area contributed by atoms with E-state index < -0.39 is 34.4 Å². The Morgan fingerprint density at radius 3 is 2.03 bits per heavy atom. The van der Waals surface area contributed by atoms with E-state index in [1.54, 1.807) is 12.1 Å². The molecule has 0 saturated carbocycles. The van der Waals surface area contributed by atoms with Crippen LogP contribution >= 0.6 is 0 Å². The summed E-state index contributed by atoms with van der Waals surface area (Å²) in [5.41, 5.74) is 0.700. The molecule has 0 bridgehead atoms. The standard InChI is InChI=1S/C20H21NO7S/c1-13(21-29(25,26)18-10-6-15(7-11-18)14(2)22)20(24)28-12-19(23)16-4-8-17(27-3)9-5-16/h4-11,13,21H,12H2,1-3H3/t13-/m0/s1. The average Bonchev–Trinajstić information content (AvgIpc) is 2.71. The van der Waals surface area contributed by atoms with E-state index in [4.69, 9.17) is 9.47 Å². The third-order valence-corrected chi connectivity index (χ3v) is 5.57. The van der Waals surface area contributed by atoms with Crippen molar-refractivity contribution in [1.29, 1.82) is 0 Å². The van der Waals surface area contributed by atoms with Crippen molar-refractivity contribution in [3.63, 3.8) is 0 Å². The summed E-state index contributed by atoms with van der Waals surface area (Å²) >= 11 is 0. The minimum Gasteiger partial charge on any atom is -0.497 e. The Hall–Kier alpha value is -3.04. The highest BCUT2D eigenvalue weighted by Crippen LogP contribution is 2.13. The van der Waals surface area contributed by atoms with Gasteiger partial charge in [-0.25, -0.2) is 8.42 Å². The maximum absolute atomic E-state index is 12.4. The molecular weight excluding hydrogens is 398 g/mol. The van der Waals surface area contributed by atoms with Crippen LogP contribution in [-0.4, -0.2) is 45.7 Å². The number of methoxy groups -OCH3 is 1. The summed E-state index contributed by atoms with van der Waals surface area (Å²) in [6.07, 6.45) is 0. The van der Waals surface area contributed by atoms with Crippen molar-refractivity contribution in [3.8, 4) is 5.75 Å². The van der Waals surface area contributed by atoms with Crippen molar-refractivity contribution in [3.05, 3.63) is 59.7 Å². The van der Waals surface area contributed by atoms with Crippen LogP contribution in [0.25, 0.3) is 0 Å². The lowest BCUT2D eigenvalue weighted by Gasteiger charge is -2.14. The lowest BCUT2D eigenvalue weighted by Crippen LogP contribution is -2.40. The number of hydrogen-bond acceptors (Lipinski definition) is 7. The van der Waals surface area contributed by atoms with Crippen molar-refractivity contribution >= 4 is 27.6 Å². The van der Waals surface area contributed by atoms with Gasteiger partial charge < -0.3 is 9.47 Å². The molecule has 0 aromatic heterocycles. The van der Waals surface area contributed by atoms with E-state index in [9.17, 15) is 22.8 Å². The number of carbonyl (C=O) groups is 3. The molecule has 2 aromatic carbocycles. The summed E-state index contributed by atoms with van der Waals surface area (Å²) in [5, 5.41) is 0. The van der Waals surface area contributed by atoms with E-state index in [0.717, 1.165) is 0 Å². The molecule has 0 saturated heterocycles. The van der Waals surface area contributed by atoms with Crippen molar-refractivity contribution in [2.75, 3.05) is 13.7 Å². The van der Waals surface area contributed by atoms with Gasteiger partial charge in [0.05, 0.1) is 12.0 Å². The molecule has 0 aliphatic heterocycles. The highest BCUT2D eigenvalue weighted by Gasteiger charge is 2.24. The van der Waals surface area contributed by atoms with Crippen LogP contribution in [-0.2, 0) is 19.6 Å². The predicted octanol–water partition coefficient (Wildman–Crippen LogP) is 1.99. The first-order valence-corrected chi connectivity index (χ1v) is 10.1. The normalized spacial score (nSPS) is 12.1. The molecule has 0 fully saturated rings. The van der Waals surface area contributed by atoms with Crippen LogP contribution in [0.2, 0.25) is 0 Å². The highest BCUT2D eigenvalue weighted by molar-refractivity contribution is 7.89. The summed E-state index contributed by atoms with van der Waals surface area (Å²) in [4.78, 5) is 35.3. The van der Waals surface area contributed by atoms with Crippen molar-refractivity contribution in [1.82, 2.24) is 4.72 Å². The van der Waals surface area contributed by atoms with Crippen LogP contribution < -0.4 is 9.46 Å². The topological polar surface area (TPSA) is 116 Å². The molecule has 0 aliphatic carbocycles. The first-order valence-electron chi connectivity index (χ1n) is 8.61. The molecule has 154 valence electrons. The van der Waals surface area contributed by atoms with Crippen molar-refractivity contribution < 1.29 is 32.3 Å². The molecule has 0 amide bonds. The number of rotatable bonds is 9. The number of nitrogens with one attached hydrogen (secondary N) is 1. The average molecular weight is 419 g/mol. The number of Topliss-reactive ketones (excluding diaryl/α,β-unsaturated/α-hetero) is 2. The van der Waals surface area contributed by atoms with Gasteiger partial charge in [0.15, 0.2) is 18.2 Å². The molecule has 0 heterocycles. The Kier molecular flexibility index (Phi) is 7.24. The minimum atomic E-state index is -4.01. The minimum absolute atomic E-state index is 0.101. The lowest BCUT2D eigenvalue weighted by molar-refractivity contribution is -0.144. The summed E-state index contributed by atoms with van der Waals surface area (Å²) in [6.45, 7) is 2.15. The Bertz CT molecular complexity index is 996. The van der Waals surface area contributed by atoms with E-state index in [2.05, 4.69) is 4.72 Å². The van der Waals surface area contributed by atoms with Gasteiger partial charge in [-0.3, -0.25) is 14.4 Å². The fourth-order valence-corrected chi connectivity index (χ4v) is 3.53. The number of benzene rings is 2. The van der Waals surface area contributed by atoms with Gasteiger partial charge in [0.2, 0.25) is 10.0 Å². The zero-order chi connectivity index (χ0) is 21.6. The van der Waals surface area contributed by atoms with Gasteiger partial charge in [-0.2, -0.15) is 4.72 Å². The van der Waals surface area contributed by atoms with Gasteiger partial charge in [0.1, 0.15) is 11.8 Å². The SMILES string of the molecule is COc1ccc(C(=O)COC(=O)[C@H](C)NS(=O)(=O)c2ccc(C(C)=O)cc2)cc1. The van der Waals surface area contributed by atoms with Crippen molar-refractivity contribution in [2.24, 2.45) is 0 Å². The third-order valence-electron chi connectivity index (χ3n) is 4.01. The molecule has 1 N–H and O–H groups in total. The molecule has 8 nitrogen and oxygen atoms in total. The molecule has 0 spiro atoms. The van der Waals surface area contributed by atoms with Crippen LogP contribution in [0.1, 0.15) is 34.6 Å². The zero-order valence-corrected chi connectivity index (χ0v) is 17.0. The molecule has 9 heteroatoms. The molecule has 2 aromatic rings. The molecule has 29 heavy (non-hydrogen) atoms. The lowest BCUT2D eigenvalue weighted by atomic mass is 10.1.